The number of benzene rings is 3. The average Bonchev–Trinajstić information content (AvgIpc) is 3.18. The van der Waals surface area contributed by atoms with Crippen LogP contribution in [0.4, 0.5) is 4.79 Å². The molecule has 3 aromatic carbocycles. The molecule has 1 aliphatic carbocycles. The van der Waals surface area contributed by atoms with Gasteiger partial charge in [0.25, 0.3) is 0 Å². The number of ether oxygens (including phenoxy) is 2. The second kappa shape index (κ2) is 11.2. The van der Waals surface area contributed by atoms with E-state index in [1.807, 2.05) is 45.0 Å². The van der Waals surface area contributed by atoms with Crippen molar-refractivity contribution in [3.05, 3.63) is 95.1 Å². The number of rotatable bonds is 8. The van der Waals surface area contributed by atoms with E-state index in [1.165, 1.54) is 16.7 Å². The van der Waals surface area contributed by atoms with Gasteiger partial charge in [-0.25, -0.2) is 9.59 Å². The van der Waals surface area contributed by atoms with Crippen LogP contribution in [0.2, 0.25) is 0 Å². The van der Waals surface area contributed by atoms with Crippen LogP contribution >= 0.6 is 0 Å². The molecule has 1 aliphatic rings. The SMILES string of the molecule is CC(C)c1ccc(CCC(NC(=O)OCC2c3ccccc3-c3ccccc32)C(=O)OC(C)(C)C)cc1. The van der Waals surface area contributed by atoms with Gasteiger partial charge in [0, 0.05) is 5.92 Å². The van der Waals surface area contributed by atoms with Gasteiger partial charge >= 0.3 is 12.1 Å². The lowest BCUT2D eigenvalue weighted by atomic mass is 9.98. The summed E-state index contributed by atoms with van der Waals surface area (Å²) in [5.74, 6) is -0.0452. The van der Waals surface area contributed by atoms with E-state index in [0.29, 0.717) is 18.8 Å². The minimum atomic E-state index is -0.806. The van der Waals surface area contributed by atoms with Gasteiger partial charge in [0.05, 0.1) is 0 Å². The maximum Gasteiger partial charge on any atom is 0.407 e. The first kappa shape index (κ1) is 26.5. The molecular formula is C32H37NO4. The third-order valence-corrected chi connectivity index (χ3v) is 6.70. The number of aryl methyl sites for hydroxylation is 1. The highest BCUT2D eigenvalue weighted by molar-refractivity contribution is 5.82. The Morgan fingerprint density at radius 1 is 0.865 bits per heavy atom. The zero-order chi connectivity index (χ0) is 26.6. The fraction of sp³-hybridized carbons (Fsp3) is 0.375. The number of carbonyl (C=O) groups excluding carboxylic acids is 2. The van der Waals surface area contributed by atoms with Gasteiger partial charge in [-0.15, -0.1) is 0 Å². The molecule has 0 heterocycles. The monoisotopic (exact) mass is 499 g/mol. The molecule has 194 valence electrons. The topological polar surface area (TPSA) is 64.6 Å². The summed E-state index contributed by atoms with van der Waals surface area (Å²) in [5.41, 5.74) is 6.34. The number of alkyl carbamates (subject to hydrolysis) is 1. The van der Waals surface area contributed by atoms with Crippen LogP contribution in [-0.4, -0.2) is 30.3 Å². The summed E-state index contributed by atoms with van der Waals surface area (Å²) in [5, 5.41) is 2.78. The van der Waals surface area contributed by atoms with Crippen LogP contribution in [0.3, 0.4) is 0 Å². The molecule has 3 aromatic rings. The van der Waals surface area contributed by atoms with Gasteiger partial charge in [0.15, 0.2) is 0 Å². The molecule has 5 nitrogen and oxygen atoms in total. The van der Waals surface area contributed by atoms with E-state index < -0.39 is 23.7 Å². The van der Waals surface area contributed by atoms with Crippen LogP contribution < -0.4 is 5.32 Å². The number of carbonyl (C=O) groups is 2. The quantitative estimate of drug-likeness (QED) is 0.339. The molecule has 4 rings (SSSR count). The lowest BCUT2D eigenvalue weighted by Gasteiger charge is -2.25. The summed E-state index contributed by atoms with van der Waals surface area (Å²) in [7, 11) is 0. The fourth-order valence-corrected chi connectivity index (χ4v) is 4.78. The molecule has 0 aliphatic heterocycles. The van der Waals surface area contributed by atoms with Crippen LogP contribution in [0, 0.1) is 0 Å². The second-order valence-corrected chi connectivity index (χ2v) is 11.0. The van der Waals surface area contributed by atoms with E-state index in [1.54, 1.807) is 0 Å². The number of amides is 1. The molecule has 0 radical (unpaired) electrons. The fourth-order valence-electron chi connectivity index (χ4n) is 4.78. The summed E-state index contributed by atoms with van der Waals surface area (Å²) in [6.45, 7) is 9.97. The van der Waals surface area contributed by atoms with Gasteiger partial charge in [0.1, 0.15) is 18.2 Å². The van der Waals surface area contributed by atoms with Crippen molar-refractivity contribution in [2.45, 2.75) is 70.9 Å². The first-order valence-corrected chi connectivity index (χ1v) is 13.1. The molecule has 0 aromatic heterocycles. The highest BCUT2D eigenvalue weighted by Crippen LogP contribution is 2.44. The number of hydrogen-bond donors (Lipinski definition) is 1. The van der Waals surface area contributed by atoms with Crippen molar-refractivity contribution in [2.75, 3.05) is 6.61 Å². The molecule has 1 N–H and O–H groups in total. The first-order chi connectivity index (χ1) is 17.6. The van der Waals surface area contributed by atoms with E-state index in [0.717, 1.165) is 16.7 Å². The van der Waals surface area contributed by atoms with Crippen LogP contribution in [0.15, 0.2) is 72.8 Å². The van der Waals surface area contributed by atoms with Gasteiger partial charge in [0.2, 0.25) is 0 Å². The minimum Gasteiger partial charge on any atom is -0.458 e. The molecule has 5 heteroatoms. The smallest absolute Gasteiger partial charge is 0.407 e. The lowest BCUT2D eigenvalue weighted by molar-refractivity contribution is -0.157. The third kappa shape index (κ3) is 6.59. The normalized spacial score (nSPS) is 13.6. The van der Waals surface area contributed by atoms with Crippen molar-refractivity contribution in [3.63, 3.8) is 0 Å². The maximum absolute atomic E-state index is 13.0. The Morgan fingerprint density at radius 2 is 1.43 bits per heavy atom. The van der Waals surface area contributed by atoms with Crippen molar-refractivity contribution < 1.29 is 19.1 Å². The van der Waals surface area contributed by atoms with E-state index >= 15 is 0 Å². The Labute approximate surface area is 220 Å². The summed E-state index contributed by atoms with van der Waals surface area (Å²) in [4.78, 5) is 25.8. The Bertz CT molecular complexity index is 1190. The van der Waals surface area contributed by atoms with Gasteiger partial charge < -0.3 is 14.8 Å². The summed E-state index contributed by atoms with van der Waals surface area (Å²) < 4.78 is 11.3. The highest BCUT2D eigenvalue weighted by atomic mass is 16.6. The Kier molecular flexibility index (Phi) is 8.01. The van der Waals surface area contributed by atoms with E-state index in [4.69, 9.17) is 9.47 Å². The van der Waals surface area contributed by atoms with Gasteiger partial charge in [-0.3, -0.25) is 0 Å². The Balaban J connectivity index is 1.42. The molecule has 0 spiro atoms. The summed E-state index contributed by atoms with van der Waals surface area (Å²) in [6, 6.07) is 24.0. The van der Waals surface area contributed by atoms with Crippen LogP contribution in [-0.2, 0) is 20.7 Å². The van der Waals surface area contributed by atoms with E-state index in [-0.39, 0.29) is 12.5 Å². The van der Waals surface area contributed by atoms with Crippen LogP contribution in [0.1, 0.15) is 75.1 Å². The molecule has 37 heavy (non-hydrogen) atoms. The predicted octanol–water partition coefficient (Wildman–Crippen LogP) is 6.99. The predicted molar refractivity (Wildman–Crippen MR) is 147 cm³/mol. The van der Waals surface area contributed by atoms with Gasteiger partial charge in [-0.1, -0.05) is 86.6 Å². The molecule has 1 unspecified atom stereocenters. The number of hydrogen-bond acceptors (Lipinski definition) is 4. The van der Waals surface area contributed by atoms with Gasteiger partial charge in [-0.2, -0.15) is 0 Å². The summed E-state index contributed by atoms with van der Waals surface area (Å²) in [6.07, 6.45) is 0.430. The van der Waals surface area contributed by atoms with E-state index in [9.17, 15) is 9.59 Å². The second-order valence-electron chi connectivity index (χ2n) is 11.0. The minimum absolute atomic E-state index is 0.0439. The Hall–Kier alpha value is -3.60. The van der Waals surface area contributed by atoms with Crippen molar-refractivity contribution in [2.24, 2.45) is 0 Å². The van der Waals surface area contributed by atoms with Gasteiger partial charge in [-0.05, 0) is 72.9 Å². The zero-order valence-corrected chi connectivity index (χ0v) is 22.4. The highest BCUT2D eigenvalue weighted by Gasteiger charge is 2.31. The molecule has 1 atom stereocenters. The molecular weight excluding hydrogens is 462 g/mol. The molecule has 0 saturated heterocycles. The van der Waals surface area contributed by atoms with Crippen molar-refractivity contribution in [1.29, 1.82) is 0 Å². The number of nitrogens with one attached hydrogen (secondary N) is 1. The van der Waals surface area contributed by atoms with Crippen LogP contribution in [0.5, 0.6) is 0 Å². The maximum atomic E-state index is 13.0. The summed E-state index contributed by atoms with van der Waals surface area (Å²) >= 11 is 0. The van der Waals surface area contributed by atoms with Crippen molar-refractivity contribution in [1.82, 2.24) is 5.32 Å². The number of esters is 1. The molecule has 0 saturated carbocycles. The largest absolute Gasteiger partial charge is 0.458 e. The van der Waals surface area contributed by atoms with Crippen LogP contribution in [0.25, 0.3) is 11.1 Å². The number of fused-ring (bicyclic) bond motifs is 3. The lowest BCUT2D eigenvalue weighted by Crippen LogP contribution is -2.45. The Morgan fingerprint density at radius 3 is 1.97 bits per heavy atom. The van der Waals surface area contributed by atoms with Crippen molar-refractivity contribution >= 4 is 12.1 Å². The third-order valence-electron chi connectivity index (χ3n) is 6.70. The zero-order valence-electron chi connectivity index (χ0n) is 22.4. The molecule has 0 fully saturated rings. The van der Waals surface area contributed by atoms with E-state index in [2.05, 4.69) is 67.7 Å². The molecule has 0 bridgehead atoms. The molecule has 1 amide bonds. The average molecular weight is 500 g/mol. The first-order valence-electron chi connectivity index (χ1n) is 13.1. The standard InChI is InChI=1S/C32H37NO4/c1-21(2)23-17-14-22(15-18-23)16-19-29(30(34)37-32(3,4)5)33-31(35)36-20-28-26-12-8-6-10-24(26)25-11-7-9-13-27(25)28/h6-15,17-18,21,28-29H,16,19-20H2,1-5H3,(H,33,35). The van der Waals surface area contributed by atoms with Crippen molar-refractivity contribution in [3.8, 4) is 11.1 Å².